The van der Waals surface area contributed by atoms with Crippen LogP contribution in [0.25, 0.3) is 0 Å². The standard InChI is InChI=1S/C33H40N2O5/c1-21(2)11-8-12-22(3)13-9-14-23(4)17-18-35-29-19-27(39-25(6)36)20-30(40-26(7)37)32(29)34-31-24(5)15-10-16-28(31)33(35)38/h10-11,13,15-17,19-20,34H,8-9,12,14,18H2,1-7H3/b22-13+,23-17+. The molecule has 2 aromatic carbocycles. The predicted molar refractivity (Wildman–Crippen MR) is 161 cm³/mol. The lowest BCUT2D eigenvalue weighted by Gasteiger charge is -2.23. The molecule has 0 aliphatic carbocycles. The molecular formula is C33H40N2O5. The maximum absolute atomic E-state index is 13.9. The van der Waals surface area contributed by atoms with Crippen LogP contribution in [0.1, 0.15) is 83.1 Å². The minimum atomic E-state index is -0.531. The zero-order chi connectivity index (χ0) is 29.4. The quantitative estimate of drug-likeness (QED) is 0.185. The third kappa shape index (κ3) is 8.18. The number of nitrogens with zero attached hydrogens (tertiary/aromatic N) is 1. The largest absolute Gasteiger partial charge is 0.427 e. The molecule has 40 heavy (non-hydrogen) atoms. The SMILES string of the molecule is CC(=O)Oc1cc(OC(C)=O)c2c(c1)N(C/C=C(\C)CC/C=C(\C)CCC=C(C)C)C(=O)c1cccc(C)c1N2. The van der Waals surface area contributed by atoms with Crippen LogP contribution >= 0.6 is 0 Å². The number of para-hydroxylation sites is 1. The van der Waals surface area contributed by atoms with Crippen LogP contribution in [0.2, 0.25) is 0 Å². The number of amides is 1. The Labute approximate surface area is 237 Å². The van der Waals surface area contributed by atoms with E-state index in [1.165, 1.54) is 31.1 Å². The summed E-state index contributed by atoms with van der Waals surface area (Å²) >= 11 is 0. The average Bonchev–Trinajstić information content (AvgIpc) is 2.97. The Morgan fingerprint density at radius 1 is 0.850 bits per heavy atom. The van der Waals surface area contributed by atoms with Gasteiger partial charge in [0, 0.05) is 32.5 Å². The first-order chi connectivity index (χ1) is 19.0. The van der Waals surface area contributed by atoms with E-state index in [1.54, 1.807) is 17.0 Å². The Morgan fingerprint density at radius 2 is 1.50 bits per heavy atom. The van der Waals surface area contributed by atoms with Crippen molar-refractivity contribution in [2.24, 2.45) is 0 Å². The van der Waals surface area contributed by atoms with Gasteiger partial charge in [-0.3, -0.25) is 14.4 Å². The fourth-order valence-electron chi connectivity index (χ4n) is 4.53. The number of ether oxygens (including phenoxy) is 2. The molecular weight excluding hydrogens is 504 g/mol. The van der Waals surface area contributed by atoms with Crippen LogP contribution in [0, 0.1) is 6.92 Å². The Morgan fingerprint density at radius 3 is 2.15 bits per heavy atom. The predicted octanol–water partition coefficient (Wildman–Crippen LogP) is 7.97. The third-order valence-electron chi connectivity index (χ3n) is 6.60. The van der Waals surface area contributed by atoms with Crippen molar-refractivity contribution < 1.29 is 23.9 Å². The Kier molecular flexibility index (Phi) is 10.5. The smallest absolute Gasteiger partial charge is 0.308 e. The van der Waals surface area contributed by atoms with Gasteiger partial charge < -0.3 is 19.7 Å². The molecule has 0 spiro atoms. The molecule has 0 unspecified atom stereocenters. The molecule has 0 fully saturated rings. The molecule has 1 N–H and O–H groups in total. The van der Waals surface area contributed by atoms with Crippen molar-refractivity contribution in [3.8, 4) is 11.5 Å². The van der Waals surface area contributed by atoms with Gasteiger partial charge in [-0.15, -0.1) is 0 Å². The number of esters is 2. The molecule has 3 rings (SSSR count). The van der Waals surface area contributed by atoms with E-state index in [2.05, 4.69) is 45.2 Å². The van der Waals surface area contributed by atoms with Gasteiger partial charge in [0.25, 0.3) is 5.91 Å². The summed E-state index contributed by atoms with van der Waals surface area (Å²) in [5, 5.41) is 3.33. The van der Waals surface area contributed by atoms with Gasteiger partial charge in [-0.2, -0.15) is 0 Å². The molecule has 2 aromatic rings. The van der Waals surface area contributed by atoms with E-state index in [0.29, 0.717) is 29.2 Å². The molecule has 0 aromatic heterocycles. The van der Waals surface area contributed by atoms with E-state index in [9.17, 15) is 14.4 Å². The van der Waals surface area contributed by atoms with Crippen molar-refractivity contribution in [1.29, 1.82) is 0 Å². The fraction of sp³-hybridized carbons (Fsp3) is 0.364. The first kappa shape index (κ1) is 30.4. The van der Waals surface area contributed by atoms with Gasteiger partial charge in [0.1, 0.15) is 11.4 Å². The minimum absolute atomic E-state index is 0.171. The second kappa shape index (κ2) is 13.8. The molecule has 0 radical (unpaired) electrons. The normalized spacial score (nSPS) is 13.1. The molecule has 1 heterocycles. The summed E-state index contributed by atoms with van der Waals surface area (Å²) in [7, 11) is 0. The number of hydrogen-bond acceptors (Lipinski definition) is 6. The summed E-state index contributed by atoms with van der Waals surface area (Å²) in [6.07, 6.45) is 10.5. The molecule has 1 aliphatic rings. The van der Waals surface area contributed by atoms with Crippen LogP contribution in [0.3, 0.4) is 0 Å². The summed E-state index contributed by atoms with van der Waals surface area (Å²) in [6.45, 7) is 13.2. The van der Waals surface area contributed by atoms with Gasteiger partial charge >= 0.3 is 11.9 Å². The lowest BCUT2D eigenvalue weighted by atomic mass is 10.1. The van der Waals surface area contributed by atoms with Crippen molar-refractivity contribution in [2.75, 3.05) is 16.8 Å². The van der Waals surface area contributed by atoms with Crippen LogP contribution < -0.4 is 19.7 Å². The number of aryl methyl sites for hydroxylation is 1. The van der Waals surface area contributed by atoms with Gasteiger partial charge in [-0.25, -0.2) is 0 Å². The van der Waals surface area contributed by atoms with E-state index < -0.39 is 11.9 Å². The zero-order valence-corrected chi connectivity index (χ0v) is 24.6. The van der Waals surface area contributed by atoms with E-state index in [4.69, 9.17) is 9.47 Å². The highest BCUT2D eigenvalue weighted by Gasteiger charge is 2.30. The van der Waals surface area contributed by atoms with Crippen LogP contribution in [-0.2, 0) is 9.59 Å². The molecule has 212 valence electrons. The van der Waals surface area contributed by atoms with E-state index in [0.717, 1.165) is 36.8 Å². The lowest BCUT2D eigenvalue weighted by Crippen LogP contribution is -2.31. The van der Waals surface area contributed by atoms with Crippen LogP contribution in [0.5, 0.6) is 11.5 Å². The Bertz CT molecular complexity index is 1380. The van der Waals surface area contributed by atoms with E-state index in [1.807, 2.05) is 25.1 Å². The second-order valence-electron chi connectivity index (χ2n) is 10.5. The number of benzene rings is 2. The molecule has 1 amide bonds. The number of carbonyl (C=O) groups excluding carboxylic acids is 3. The molecule has 0 saturated carbocycles. The summed E-state index contributed by atoms with van der Waals surface area (Å²) in [6, 6.07) is 8.62. The number of hydrogen-bond donors (Lipinski definition) is 1. The molecule has 0 saturated heterocycles. The number of allylic oxidation sites excluding steroid dienone is 5. The second-order valence-corrected chi connectivity index (χ2v) is 10.5. The minimum Gasteiger partial charge on any atom is -0.427 e. The highest BCUT2D eigenvalue weighted by atomic mass is 16.5. The first-order valence-corrected chi connectivity index (χ1v) is 13.6. The summed E-state index contributed by atoms with van der Waals surface area (Å²) in [4.78, 5) is 39.3. The Balaban J connectivity index is 1.96. The zero-order valence-electron chi connectivity index (χ0n) is 24.6. The monoisotopic (exact) mass is 544 g/mol. The van der Waals surface area contributed by atoms with Crippen molar-refractivity contribution in [1.82, 2.24) is 0 Å². The maximum Gasteiger partial charge on any atom is 0.308 e. The van der Waals surface area contributed by atoms with Gasteiger partial charge in [-0.05, 0) is 71.9 Å². The Hall–Kier alpha value is -4.13. The van der Waals surface area contributed by atoms with Crippen molar-refractivity contribution in [3.05, 3.63) is 76.4 Å². The molecule has 0 atom stereocenters. The van der Waals surface area contributed by atoms with Gasteiger partial charge in [0.15, 0.2) is 5.75 Å². The van der Waals surface area contributed by atoms with Crippen LogP contribution in [-0.4, -0.2) is 24.4 Å². The van der Waals surface area contributed by atoms with E-state index in [-0.39, 0.29) is 17.4 Å². The first-order valence-electron chi connectivity index (χ1n) is 13.6. The van der Waals surface area contributed by atoms with E-state index >= 15 is 0 Å². The van der Waals surface area contributed by atoms with Gasteiger partial charge in [0.2, 0.25) is 0 Å². The summed E-state index contributed by atoms with van der Waals surface area (Å²) < 4.78 is 10.9. The third-order valence-corrected chi connectivity index (χ3v) is 6.60. The number of fused-ring (bicyclic) bond motifs is 2. The highest BCUT2D eigenvalue weighted by Crippen LogP contribution is 2.45. The van der Waals surface area contributed by atoms with Crippen molar-refractivity contribution in [2.45, 2.75) is 74.1 Å². The highest BCUT2D eigenvalue weighted by molar-refractivity contribution is 6.15. The lowest BCUT2D eigenvalue weighted by molar-refractivity contribution is -0.132. The summed E-state index contributed by atoms with van der Waals surface area (Å²) in [5.41, 5.74) is 6.78. The van der Waals surface area contributed by atoms with Crippen LogP contribution in [0.4, 0.5) is 17.1 Å². The number of carbonyl (C=O) groups is 3. The molecule has 0 bridgehead atoms. The van der Waals surface area contributed by atoms with Gasteiger partial charge in [-0.1, -0.05) is 47.1 Å². The molecule has 7 heteroatoms. The topological polar surface area (TPSA) is 84.9 Å². The molecule has 1 aliphatic heterocycles. The van der Waals surface area contributed by atoms with Crippen molar-refractivity contribution >= 4 is 34.9 Å². The maximum atomic E-state index is 13.9. The average molecular weight is 545 g/mol. The molecule has 7 nitrogen and oxygen atoms in total. The number of rotatable bonds is 10. The summed E-state index contributed by atoms with van der Waals surface area (Å²) in [5.74, 6) is -0.912. The van der Waals surface area contributed by atoms with Gasteiger partial charge in [0.05, 0.1) is 16.9 Å². The number of nitrogens with one attached hydrogen (secondary N) is 1. The number of anilines is 3. The fourth-order valence-corrected chi connectivity index (χ4v) is 4.53. The van der Waals surface area contributed by atoms with Crippen LogP contribution in [0.15, 0.2) is 65.3 Å². The van der Waals surface area contributed by atoms with Crippen molar-refractivity contribution in [3.63, 3.8) is 0 Å².